The first kappa shape index (κ1) is 45.7. The molecule has 0 spiro atoms. The van der Waals surface area contributed by atoms with Crippen molar-refractivity contribution in [1.82, 2.24) is 44.4 Å². The maximum Gasteiger partial charge on any atom is 0.389 e. The van der Waals surface area contributed by atoms with Crippen molar-refractivity contribution < 1.29 is 55.1 Å². The number of nitrogen functional groups attached to an aromatic ring is 2. The molecular weight excluding hydrogens is 907 g/mol. The molecule has 3 saturated heterocycles. The summed E-state index contributed by atoms with van der Waals surface area (Å²) in [4.78, 5) is 59.7. The number of nitrogens with zero attached hydrogens (tertiary/aromatic N) is 7. The number of fused-ring (bicyclic) bond motifs is 4. The van der Waals surface area contributed by atoms with Crippen LogP contribution in [-0.2, 0) is 52.0 Å². The lowest BCUT2D eigenvalue weighted by Gasteiger charge is -2.30. The molecule has 2 amide bonds. The second-order valence-corrected chi connectivity index (χ2v) is 21.1. The molecule has 0 saturated carbocycles. The van der Waals surface area contributed by atoms with E-state index in [1.165, 1.54) is 10.9 Å². The Labute approximate surface area is 366 Å². The van der Waals surface area contributed by atoms with Crippen LogP contribution >= 0.6 is 25.7 Å². The van der Waals surface area contributed by atoms with Crippen molar-refractivity contribution in [1.29, 1.82) is 0 Å². The molecular formula is C35H43BF2N12O11P2S. The fraction of sp³-hybridized carbons (Fsp3) is 0.486. The SMILES string of the molecule is BP1(=O)OC[C@H]2O[C@@H](n3cnc4c(N)ncnc43)[C@H](F)[C@@H]2O[P@](=O)(SCc2ccc(NC(=O)CNC(=O)CCCCC)cc2)OC[C@H]2O[C@@H](n3cnc4c(=O)[nH]c(N)nc43)[C@H](F)[C@@H]2O1. The first-order chi connectivity index (χ1) is 30.6. The fourth-order valence-electron chi connectivity index (χ4n) is 7.26. The van der Waals surface area contributed by atoms with Crippen LogP contribution in [0.15, 0.2) is 48.0 Å². The summed E-state index contributed by atoms with van der Waals surface area (Å²) in [7, 11) is -3.17. The standard InChI is InChI=1S/C35H43BF2N12O11P2S/c1-2-3-4-5-21(51)41-10-22(52)46-18-8-6-17(7-9-18)13-64-63(55)57-12-20-27(23(37)34(59-20)50-16-45-26-31(50)47-35(40)48-32(26)53)60-62(36,54)56-11-19-28(61-63)24(38)33(58-19)49-15-44-25-29(39)42-14-43-30(25)49/h6-9,14-16,19-20,23-24,27-28,33-34H,2-5,10-13,36H2,1H3,(H,41,51)(H,46,52)(H2,39,42,43)(H3,40,47,48,53)/t19-,20-,23-,24-,27-,28-,33-,34-,62?,63-/m1/s1. The first-order valence-corrected chi connectivity index (χ1v) is 25.1. The van der Waals surface area contributed by atoms with Gasteiger partial charge in [-0.15, -0.1) is 0 Å². The van der Waals surface area contributed by atoms with Gasteiger partial charge >= 0.3 is 6.80 Å². The topological polar surface area (TPSA) is 307 Å². The zero-order valence-corrected chi connectivity index (χ0v) is 36.8. The van der Waals surface area contributed by atoms with Gasteiger partial charge in [0.25, 0.3) is 20.6 Å². The molecule has 1 aromatic carbocycles. The Hall–Kier alpha value is -4.85. The number of aromatic nitrogens is 8. The maximum absolute atomic E-state index is 16.8. The van der Waals surface area contributed by atoms with E-state index in [0.29, 0.717) is 29.1 Å². The molecule has 10 atom stereocenters. The number of unbranched alkanes of at least 4 members (excludes halogenated alkanes) is 2. The third-order valence-corrected chi connectivity index (χ3v) is 15.3. The van der Waals surface area contributed by atoms with E-state index in [1.54, 1.807) is 24.3 Å². The van der Waals surface area contributed by atoms with Crippen LogP contribution in [-0.4, -0.2) is 115 Å². The quantitative estimate of drug-likeness (QED) is 0.0682. The van der Waals surface area contributed by atoms with E-state index in [2.05, 4.69) is 40.5 Å². The number of anilines is 3. The Morgan fingerprint density at radius 1 is 0.906 bits per heavy atom. The molecule has 4 aromatic heterocycles. The van der Waals surface area contributed by atoms with E-state index >= 15 is 8.78 Å². The highest BCUT2D eigenvalue weighted by molar-refractivity contribution is 8.54. The largest absolute Gasteiger partial charge is 0.389 e. The molecule has 3 fully saturated rings. The third kappa shape index (κ3) is 9.87. The molecule has 23 nitrogen and oxygen atoms in total. The Morgan fingerprint density at radius 3 is 2.27 bits per heavy atom. The molecule has 3 aliphatic rings. The van der Waals surface area contributed by atoms with Gasteiger partial charge in [-0.25, -0.2) is 33.3 Å². The number of benzene rings is 1. The van der Waals surface area contributed by atoms with E-state index in [0.717, 1.165) is 44.1 Å². The summed E-state index contributed by atoms with van der Waals surface area (Å²) in [6.45, 7) is -4.11. The summed E-state index contributed by atoms with van der Waals surface area (Å²) in [6, 6.07) is 6.46. The van der Waals surface area contributed by atoms with Crippen LogP contribution in [0.4, 0.5) is 26.2 Å². The normalized spacial score (nSPS) is 29.7. The van der Waals surface area contributed by atoms with Crippen LogP contribution in [0.25, 0.3) is 22.3 Å². The van der Waals surface area contributed by atoms with Crippen LogP contribution in [0.3, 0.4) is 0 Å². The van der Waals surface area contributed by atoms with E-state index < -0.39 is 88.2 Å². The van der Waals surface area contributed by atoms with Crippen LogP contribution in [0.1, 0.15) is 50.6 Å². The number of amides is 2. The summed E-state index contributed by atoms with van der Waals surface area (Å²) >= 11 is 0.670. The number of imidazole rings is 2. The summed E-state index contributed by atoms with van der Waals surface area (Å²) in [5, 5.41) is 5.29. The summed E-state index contributed by atoms with van der Waals surface area (Å²) in [5.74, 6) is -0.971. The molecule has 5 aromatic rings. The van der Waals surface area contributed by atoms with Gasteiger partial charge in [0, 0.05) is 17.9 Å². The van der Waals surface area contributed by atoms with Gasteiger partial charge in [-0.2, -0.15) is 4.98 Å². The van der Waals surface area contributed by atoms with Crippen LogP contribution in [0.2, 0.25) is 0 Å². The number of aromatic amines is 1. The highest BCUT2D eigenvalue weighted by Crippen LogP contribution is 2.65. The summed E-state index contributed by atoms with van der Waals surface area (Å²) in [5.41, 5.74) is 12.0. The molecule has 7 N–H and O–H groups in total. The Morgan fingerprint density at radius 2 is 1.56 bits per heavy atom. The fourth-order valence-corrected chi connectivity index (χ4v) is 11.8. The van der Waals surface area contributed by atoms with Crippen LogP contribution < -0.4 is 27.7 Å². The molecule has 0 radical (unpaired) electrons. The zero-order chi connectivity index (χ0) is 45.3. The molecule has 0 bridgehead atoms. The number of carbonyl (C=O) groups is 2. The lowest BCUT2D eigenvalue weighted by molar-refractivity contribution is -0.124. The van der Waals surface area contributed by atoms with Gasteiger partial charge in [0.2, 0.25) is 17.8 Å². The highest BCUT2D eigenvalue weighted by Gasteiger charge is 2.54. The van der Waals surface area contributed by atoms with Crippen molar-refractivity contribution in [3.8, 4) is 0 Å². The average Bonchev–Trinajstić information content (AvgIpc) is 4.03. The van der Waals surface area contributed by atoms with Crippen molar-refractivity contribution >= 4 is 84.8 Å². The smallest absolute Gasteiger partial charge is 0.382 e. The van der Waals surface area contributed by atoms with Crippen molar-refractivity contribution in [2.75, 3.05) is 36.5 Å². The molecule has 342 valence electrons. The Balaban J connectivity index is 1.04. The predicted octanol–water partition coefficient (Wildman–Crippen LogP) is 2.83. The van der Waals surface area contributed by atoms with E-state index in [-0.39, 0.29) is 52.3 Å². The van der Waals surface area contributed by atoms with Gasteiger partial charge in [-0.05, 0) is 35.5 Å². The van der Waals surface area contributed by atoms with Gasteiger partial charge < -0.3 is 40.6 Å². The molecule has 7 heterocycles. The Bertz CT molecular complexity index is 2680. The van der Waals surface area contributed by atoms with E-state index in [4.69, 9.17) is 39.0 Å². The second-order valence-electron chi connectivity index (χ2n) is 15.1. The number of hydrogen-bond acceptors (Lipinski definition) is 19. The van der Waals surface area contributed by atoms with Gasteiger partial charge in [0.15, 0.2) is 47.4 Å². The monoisotopic (exact) mass is 950 g/mol. The second kappa shape index (κ2) is 18.9. The number of alkyl halides is 2. The lowest BCUT2D eigenvalue weighted by Crippen LogP contribution is -2.37. The molecule has 64 heavy (non-hydrogen) atoms. The van der Waals surface area contributed by atoms with Crippen LogP contribution in [0, 0.1) is 0 Å². The maximum atomic E-state index is 16.8. The van der Waals surface area contributed by atoms with E-state index in [1.807, 2.05) is 6.92 Å². The number of carbonyl (C=O) groups excluding carboxylic acids is 2. The third-order valence-electron chi connectivity index (χ3n) is 10.4. The van der Waals surface area contributed by atoms with Crippen molar-refractivity contribution in [3.63, 3.8) is 0 Å². The lowest BCUT2D eigenvalue weighted by atomic mass is 10.1. The number of rotatable bonds is 12. The molecule has 8 rings (SSSR count). The van der Waals surface area contributed by atoms with Gasteiger partial charge in [-0.3, -0.25) is 42.1 Å². The zero-order valence-electron chi connectivity index (χ0n) is 34.2. The number of nitrogens with two attached hydrogens (primary N) is 2. The van der Waals surface area contributed by atoms with Crippen molar-refractivity contribution in [3.05, 3.63) is 59.2 Å². The average molecular weight is 951 g/mol. The summed E-state index contributed by atoms with van der Waals surface area (Å²) < 4.78 is 100. The number of halogens is 2. The number of ether oxygens (including phenoxy) is 2. The number of H-pyrrole nitrogens is 1. The molecule has 1 unspecified atom stereocenters. The predicted molar refractivity (Wildman–Crippen MR) is 229 cm³/mol. The molecule has 0 aliphatic carbocycles. The number of nitrogens with one attached hydrogen (secondary N) is 3. The minimum absolute atomic E-state index is 0.0233. The first-order valence-electron chi connectivity index (χ1n) is 20.0. The van der Waals surface area contributed by atoms with Crippen molar-refractivity contribution in [2.45, 2.75) is 87.6 Å². The van der Waals surface area contributed by atoms with Crippen molar-refractivity contribution in [2.24, 2.45) is 0 Å². The minimum atomic E-state index is -4.55. The van der Waals surface area contributed by atoms with Gasteiger partial charge in [0.1, 0.15) is 36.3 Å². The Kier molecular flexibility index (Phi) is 13.5. The highest BCUT2D eigenvalue weighted by atomic mass is 32.7. The molecule has 3 aliphatic heterocycles. The summed E-state index contributed by atoms with van der Waals surface area (Å²) in [6.07, 6.45) is -7.18. The minimum Gasteiger partial charge on any atom is -0.382 e. The van der Waals surface area contributed by atoms with Crippen LogP contribution in [0.5, 0.6) is 0 Å². The van der Waals surface area contributed by atoms with Gasteiger partial charge in [-0.1, -0.05) is 31.9 Å². The number of hydrogen-bond donors (Lipinski definition) is 5. The van der Waals surface area contributed by atoms with E-state index in [9.17, 15) is 23.5 Å². The van der Waals surface area contributed by atoms with Gasteiger partial charge in [0.05, 0.1) is 32.4 Å². The molecule has 29 heteroatoms.